The first-order valence-corrected chi connectivity index (χ1v) is 6.86. The fourth-order valence-corrected chi connectivity index (χ4v) is 2.33. The minimum atomic E-state index is 0.480. The second kappa shape index (κ2) is 5.32. The maximum absolute atomic E-state index is 4.26. The van der Waals surface area contributed by atoms with E-state index in [-0.39, 0.29) is 0 Å². The lowest BCUT2D eigenvalue weighted by molar-refractivity contribution is 0.391. The Hall–Kier alpha value is -0.350. The molecule has 1 aliphatic rings. The first-order chi connectivity index (χ1) is 7.65. The van der Waals surface area contributed by atoms with Crippen LogP contribution in [0.2, 0.25) is 0 Å². The van der Waals surface area contributed by atoms with Crippen LogP contribution in [0.4, 0.5) is 0 Å². The third-order valence-electron chi connectivity index (χ3n) is 3.28. The summed E-state index contributed by atoms with van der Waals surface area (Å²) in [5, 5.41) is 7.85. The average Bonchev–Trinajstić information content (AvgIpc) is 3.01. The Morgan fingerprint density at radius 1 is 1.56 bits per heavy atom. The molecule has 0 saturated heterocycles. The highest BCUT2D eigenvalue weighted by Crippen LogP contribution is 2.36. The zero-order chi connectivity index (χ0) is 11.5. The summed E-state index contributed by atoms with van der Waals surface area (Å²) in [6.45, 7) is 6.63. The molecule has 1 fully saturated rings. The van der Waals surface area contributed by atoms with Gasteiger partial charge in [-0.25, -0.2) is 0 Å². The highest BCUT2D eigenvalue weighted by atomic mass is 79.9. The SMILES string of the molecule is CC(Cn1cc(Br)cn1)NCC(C)C1CC1. The summed E-state index contributed by atoms with van der Waals surface area (Å²) in [5.74, 6) is 1.81. The van der Waals surface area contributed by atoms with E-state index in [0.29, 0.717) is 6.04 Å². The molecule has 2 atom stereocenters. The molecule has 1 aromatic heterocycles. The van der Waals surface area contributed by atoms with E-state index in [9.17, 15) is 0 Å². The van der Waals surface area contributed by atoms with E-state index in [1.807, 2.05) is 17.1 Å². The number of nitrogens with one attached hydrogen (secondary N) is 1. The first kappa shape index (κ1) is 12.1. The smallest absolute Gasteiger partial charge is 0.0632 e. The Labute approximate surface area is 106 Å². The molecule has 1 aromatic rings. The number of aromatic nitrogens is 2. The third kappa shape index (κ3) is 3.59. The summed E-state index contributed by atoms with van der Waals surface area (Å²) >= 11 is 3.41. The van der Waals surface area contributed by atoms with Crippen molar-refractivity contribution in [3.63, 3.8) is 0 Å². The van der Waals surface area contributed by atoms with Crippen molar-refractivity contribution in [1.29, 1.82) is 0 Å². The lowest BCUT2D eigenvalue weighted by atomic mass is 10.1. The van der Waals surface area contributed by atoms with Gasteiger partial charge in [-0.2, -0.15) is 5.10 Å². The van der Waals surface area contributed by atoms with Gasteiger partial charge in [0.1, 0.15) is 0 Å². The number of hydrogen-bond donors (Lipinski definition) is 1. The van der Waals surface area contributed by atoms with Gasteiger partial charge in [0.05, 0.1) is 17.2 Å². The van der Waals surface area contributed by atoms with E-state index < -0.39 is 0 Å². The van der Waals surface area contributed by atoms with Crippen LogP contribution in [-0.4, -0.2) is 22.4 Å². The summed E-state index contributed by atoms with van der Waals surface area (Å²) in [5.41, 5.74) is 0. The largest absolute Gasteiger partial charge is 0.312 e. The van der Waals surface area contributed by atoms with E-state index in [2.05, 4.69) is 40.2 Å². The quantitative estimate of drug-likeness (QED) is 0.871. The molecule has 0 spiro atoms. The van der Waals surface area contributed by atoms with Gasteiger partial charge in [0.25, 0.3) is 0 Å². The van der Waals surface area contributed by atoms with Gasteiger partial charge < -0.3 is 5.32 Å². The zero-order valence-corrected chi connectivity index (χ0v) is 11.6. The normalized spacial score (nSPS) is 19.7. The Kier molecular flexibility index (Phi) is 4.03. The molecular weight excluding hydrogens is 266 g/mol. The minimum Gasteiger partial charge on any atom is -0.312 e. The Balaban J connectivity index is 1.69. The molecule has 2 rings (SSSR count). The van der Waals surface area contributed by atoms with Gasteiger partial charge in [0.15, 0.2) is 0 Å². The molecule has 0 aromatic carbocycles. The fraction of sp³-hybridized carbons (Fsp3) is 0.750. The highest BCUT2D eigenvalue weighted by Gasteiger charge is 2.27. The molecule has 16 heavy (non-hydrogen) atoms. The summed E-state index contributed by atoms with van der Waals surface area (Å²) < 4.78 is 3.02. The Morgan fingerprint density at radius 2 is 2.31 bits per heavy atom. The van der Waals surface area contributed by atoms with Crippen molar-refractivity contribution < 1.29 is 0 Å². The van der Waals surface area contributed by atoms with E-state index in [4.69, 9.17) is 0 Å². The standard InChI is InChI=1S/C12H20BrN3/c1-9(11-3-4-11)5-14-10(2)7-16-8-12(13)6-15-16/h6,8-11,14H,3-5,7H2,1-2H3. The highest BCUT2D eigenvalue weighted by molar-refractivity contribution is 9.10. The average molecular weight is 286 g/mol. The molecule has 1 saturated carbocycles. The Bertz CT molecular complexity index is 333. The van der Waals surface area contributed by atoms with E-state index in [0.717, 1.165) is 29.4 Å². The lowest BCUT2D eigenvalue weighted by Gasteiger charge is -2.17. The van der Waals surface area contributed by atoms with Crippen molar-refractivity contribution in [3.05, 3.63) is 16.9 Å². The predicted molar refractivity (Wildman–Crippen MR) is 69.3 cm³/mol. The van der Waals surface area contributed by atoms with Crippen molar-refractivity contribution in [2.45, 2.75) is 39.3 Å². The molecule has 1 N–H and O–H groups in total. The summed E-state index contributed by atoms with van der Waals surface area (Å²) in [6, 6.07) is 0.480. The van der Waals surface area contributed by atoms with Crippen LogP contribution in [0.25, 0.3) is 0 Å². The van der Waals surface area contributed by atoms with Crippen LogP contribution in [0.5, 0.6) is 0 Å². The van der Waals surface area contributed by atoms with Crippen LogP contribution in [-0.2, 0) is 6.54 Å². The van der Waals surface area contributed by atoms with Crippen LogP contribution in [0.1, 0.15) is 26.7 Å². The zero-order valence-electron chi connectivity index (χ0n) is 9.99. The van der Waals surface area contributed by atoms with Crippen molar-refractivity contribution in [3.8, 4) is 0 Å². The van der Waals surface area contributed by atoms with Gasteiger partial charge in [0, 0.05) is 12.2 Å². The van der Waals surface area contributed by atoms with Gasteiger partial charge in [-0.15, -0.1) is 0 Å². The monoisotopic (exact) mass is 285 g/mol. The summed E-state index contributed by atoms with van der Waals surface area (Å²) in [7, 11) is 0. The molecule has 0 radical (unpaired) electrons. The van der Waals surface area contributed by atoms with Crippen LogP contribution in [0.3, 0.4) is 0 Å². The van der Waals surface area contributed by atoms with Crippen molar-refractivity contribution >= 4 is 15.9 Å². The molecule has 4 heteroatoms. The van der Waals surface area contributed by atoms with Crippen LogP contribution in [0.15, 0.2) is 16.9 Å². The maximum atomic E-state index is 4.26. The fourth-order valence-electron chi connectivity index (χ4n) is 2.00. The minimum absolute atomic E-state index is 0.480. The molecule has 0 bridgehead atoms. The second-order valence-corrected chi connectivity index (χ2v) is 5.92. The van der Waals surface area contributed by atoms with Gasteiger partial charge in [-0.05, 0) is 54.1 Å². The predicted octanol–water partition coefficient (Wildman–Crippen LogP) is 2.67. The number of halogens is 1. The van der Waals surface area contributed by atoms with Gasteiger partial charge in [-0.3, -0.25) is 4.68 Å². The van der Waals surface area contributed by atoms with Crippen molar-refractivity contribution in [1.82, 2.24) is 15.1 Å². The molecule has 1 heterocycles. The number of nitrogens with zero attached hydrogens (tertiary/aromatic N) is 2. The molecule has 0 aliphatic heterocycles. The maximum Gasteiger partial charge on any atom is 0.0632 e. The lowest BCUT2D eigenvalue weighted by Crippen LogP contribution is -2.34. The summed E-state index contributed by atoms with van der Waals surface area (Å²) in [4.78, 5) is 0. The van der Waals surface area contributed by atoms with Crippen LogP contribution in [0, 0.1) is 11.8 Å². The van der Waals surface area contributed by atoms with Gasteiger partial charge >= 0.3 is 0 Å². The molecule has 3 nitrogen and oxygen atoms in total. The molecule has 1 aliphatic carbocycles. The third-order valence-corrected chi connectivity index (χ3v) is 3.69. The molecule has 2 unspecified atom stereocenters. The number of hydrogen-bond acceptors (Lipinski definition) is 2. The van der Waals surface area contributed by atoms with Gasteiger partial charge in [0.2, 0.25) is 0 Å². The van der Waals surface area contributed by atoms with E-state index in [1.165, 1.54) is 12.8 Å². The van der Waals surface area contributed by atoms with E-state index >= 15 is 0 Å². The van der Waals surface area contributed by atoms with Crippen LogP contribution >= 0.6 is 15.9 Å². The molecule has 0 amide bonds. The van der Waals surface area contributed by atoms with Crippen LogP contribution < -0.4 is 5.32 Å². The topological polar surface area (TPSA) is 29.9 Å². The second-order valence-electron chi connectivity index (χ2n) is 5.00. The molecular formula is C12H20BrN3. The van der Waals surface area contributed by atoms with Crippen molar-refractivity contribution in [2.24, 2.45) is 11.8 Å². The molecule has 90 valence electrons. The van der Waals surface area contributed by atoms with E-state index in [1.54, 1.807) is 0 Å². The van der Waals surface area contributed by atoms with Gasteiger partial charge in [-0.1, -0.05) is 6.92 Å². The summed E-state index contributed by atoms with van der Waals surface area (Å²) in [6.07, 6.45) is 6.72. The number of rotatable bonds is 6. The first-order valence-electron chi connectivity index (χ1n) is 6.06. The Morgan fingerprint density at radius 3 is 2.88 bits per heavy atom. The van der Waals surface area contributed by atoms with Crippen molar-refractivity contribution in [2.75, 3.05) is 6.54 Å².